The summed E-state index contributed by atoms with van der Waals surface area (Å²) in [5, 5.41) is 3.56. The van der Waals surface area contributed by atoms with Crippen LogP contribution in [-0.4, -0.2) is 21.0 Å². The van der Waals surface area contributed by atoms with Gasteiger partial charge < -0.3 is 0 Å². The Labute approximate surface area is 145 Å². The largest absolute Gasteiger partial charge is 0.453 e. The number of halogens is 4. The van der Waals surface area contributed by atoms with Crippen molar-refractivity contribution in [2.75, 3.05) is 6.26 Å². The van der Waals surface area contributed by atoms with E-state index in [2.05, 4.69) is 10.1 Å². The highest BCUT2D eigenvalue weighted by molar-refractivity contribution is 7.98. The second kappa shape index (κ2) is 6.51. The zero-order chi connectivity index (χ0) is 18.2. The quantitative estimate of drug-likeness (QED) is 0.475. The predicted octanol–water partition coefficient (Wildman–Crippen LogP) is 5.12. The van der Waals surface area contributed by atoms with Crippen LogP contribution in [0.1, 0.15) is 11.4 Å². The summed E-state index contributed by atoms with van der Waals surface area (Å²) in [7, 11) is 0. The van der Waals surface area contributed by atoms with E-state index < -0.39 is 17.8 Å². The molecule has 1 aromatic heterocycles. The minimum Gasteiger partial charge on any atom is -0.213 e. The highest BCUT2D eigenvalue weighted by atomic mass is 32.2. The fraction of sp³-hybridized carbons (Fsp3) is 0.176. The molecular weight excluding hydrogens is 354 g/mol. The third-order valence-electron chi connectivity index (χ3n) is 3.52. The number of thioether (sulfide) groups is 1. The molecule has 25 heavy (non-hydrogen) atoms. The molecule has 3 rings (SSSR count). The standard InChI is InChI=1S/C17H13F4N3S/c1-10-4-3-5-11(8-10)15-22-16(17(19,20)21)23-24(15)12-6-7-14(25-2)13(18)9-12/h3-9H,1-2H3. The fourth-order valence-corrected chi connectivity index (χ4v) is 2.83. The average molecular weight is 367 g/mol. The lowest BCUT2D eigenvalue weighted by atomic mass is 10.1. The average Bonchev–Trinajstić information content (AvgIpc) is 3.00. The third kappa shape index (κ3) is 3.53. The van der Waals surface area contributed by atoms with Crippen molar-refractivity contribution in [2.24, 2.45) is 0 Å². The molecule has 0 saturated carbocycles. The maximum Gasteiger partial charge on any atom is 0.453 e. The van der Waals surface area contributed by atoms with E-state index in [4.69, 9.17) is 0 Å². The molecule has 0 aliphatic heterocycles. The van der Waals surface area contributed by atoms with Crippen molar-refractivity contribution in [2.45, 2.75) is 18.0 Å². The van der Waals surface area contributed by atoms with Crippen LogP contribution in [0.2, 0.25) is 0 Å². The number of hydrogen-bond donors (Lipinski definition) is 0. The van der Waals surface area contributed by atoms with Crippen LogP contribution in [0, 0.1) is 12.7 Å². The highest BCUT2D eigenvalue weighted by Crippen LogP contribution is 2.31. The van der Waals surface area contributed by atoms with E-state index in [1.54, 1.807) is 24.5 Å². The van der Waals surface area contributed by atoms with Crippen LogP contribution in [0.3, 0.4) is 0 Å². The maximum absolute atomic E-state index is 14.1. The van der Waals surface area contributed by atoms with Crippen LogP contribution in [0.25, 0.3) is 17.1 Å². The minimum atomic E-state index is -4.69. The third-order valence-corrected chi connectivity index (χ3v) is 4.29. The van der Waals surface area contributed by atoms with Gasteiger partial charge in [-0.1, -0.05) is 23.8 Å². The summed E-state index contributed by atoms with van der Waals surface area (Å²) in [5.74, 6) is -1.78. The molecule has 0 N–H and O–H groups in total. The molecular formula is C17H13F4N3S. The number of alkyl halides is 3. The SMILES string of the molecule is CSc1ccc(-n2nc(C(F)(F)F)nc2-c2cccc(C)c2)cc1F. The van der Waals surface area contributed by atoms with Crippen LogP contribution in [0.4, 0.5) is 17.6 Å². The van der Waals surface area contributed by atoms with Crippen molar-refractivity contribution in [3.05, 3.63) is 59.7 Å². The van der Waals surface area contributed by atoms with E-state index in [1.165, 1.54) is 23.9 Å². The van der Waals surface area contributed by atoms with Gasteiger partial charge in [-0.2, -0.15) is 13.2 Å². The summed E-state index contributed by atoms with van der Waals surface area (Å²) in [5.41, 5.74) is 1.51. The molecule has 0 atom stereocenters. The number of benzene rings is 2. The van der Waals surface area contributed by atoms with E-state index in [0.717, 1.165) is 16.3 Å². The van der Waals surface area contributed by atoms with Crippen molar-refractivity contribution in [3.8, 4) is 17.1 Å². The Morgan fingerprint density at radius 1 is 1.08 bits per heavy atom. The lowest BCUT2D eigenvalue weighted by molar-refractivity contribution is -0.144. The van der Waals surface area contributed by atoms with Gasteiger partial charge in [0, 0.05) is 16.5 Å². The normalized spacial score (nSPS) is 11.8. The van der Waals surface area contributed by atoms with Gasteiger partial charge in [-0.05, 0) is 31.4 Å². The summed E-state index contributed by atoms with van der Waals surface area (Å²) < 4.78 is 54.3. The van der Waals surface area contributed by atoms with Crippen LogP contribution in [0.5, 0.6) is 0 Å². The zero-order valence-electron chi connectivity index (χ0n) is 13.3. The lowest BCUT2D eigenvalue weighted by Crippen LogP contribution is -2.08. The molecule has 0 unspecified atom stereocenters. The summed E-state index contributed by atoms with van der Waals surface area (Å²) in [6.45, 7) is 1.82. The van der Waals surface area contributed by atoms with Crippen molar-refractivity contribution in [1.82, 2.24) is 14.8 Å². The molecule has 0 fully saturated rings. The Balaban J connectivity index is 2.21. The molecule has 0 spiro atoms. The van der Waals surface area contributed by atoms with Crippen molar-refractivity contribution in [3.63, 3.8) is 0 Å². The molecule has 0 bridgehead atoms. The van der Waals surface area contributed by atoms with E-state index in [1.807, 2.05) is 13.0 Å². The molecule has 2 aromatic carbocycles. The van der Waals surface area contributed by atoms with E-state index in [0.29, 0.717) is 10.5 Å². The molecule has 1 heterocycles. The van der Waals surface area contributed by atoms with Crippen LogP contribution in [-0.2, 0) is 6.18 Å². The molecule has 8 heteroatoms. The number of rotatable bonds is 3. The van der Waals surface area contributed by atoms with Gasteiger partial charge in [-0.3, -0.25) is 0 Å². The van der Waals surface area contributed by atoms with Crippen LogP contribution >= 0.6 is 11.8 Å². The Morgan fingerprint density at radius 2 is 1.84 bits per heavy atom. The van der Waals surface area contributed by atoms with Gasteiger partial charge in [0.15, 0.2) is 5.82 Å². The first-order valence-corrected chi connectivity index (χ1v) is 8.47. The molecule has 0 amide bonds. The maximum atomic E-state index is 14.1. The second-order valence-corrected chi connectivity index (χ2v) is 6.20. The molecule has 3 aromatic rings. The van der Waals surface area contributed by atoms with E-state index in [-0.39, 0.29) is 11.5 Å². The van der Waals surface area contributed by atoms with Gasteiger partial charge >= 0.3 is 6.18 Å². The zero-order valence-corrected chi connectivity index (χ0v) is 14.1. The molecule has 0 aliphatic rings. The van der Waals surface area contributed by atoms with Crippen molar-refractivity contribution < 1.29 is 17.6 Å². The van der Waals surface area contributed by atoms with Crippen molar-refractivity contribution >= 4 is 11.8 Å². The first kappa shape index (κ1) is 17.5. The minimum absolute atomic E-state index is 0.00678. The molecule has 0 aliphatic carbocycles. The summed E-state index contributed by atoms with van der Waals surface area (Å²) in [6.07, 6.45) is -2.98. The van der Waals surface area contributed by atoms with Gasteiger partial charge in [-0.15, -0.1) is 16.9 Å². The highest BCUT2D eigenvalue weighted by Gasteiger charge is 2.37. The van der Waals surface area contributed by atoms with Gasteiger partial charge in [0.05, 0.1) is 5.69 Å². The number of hydrogen-bond acceptors (Lipinski definition) is 3. The Morgan fingerprint density at radius 3 is 2.44 bits per heavy atom. The molecule has 3 nitrogen and oxygen atoms in total. The number of nitrogens with zero attached hydrogens (tertiary/aromatic N) is 3. The summed E-state index contributed by atoms with van der Waals surface area (Å²) in [4.78, 5) is 4.04. The Bertz CT molecular complexity index is 918. The molecule has 130 valence electrons. The lowest BCUT2D eigenvalue weighted by Gasteiger charge is -2.08. The second-order valence-electron chi connectivity index (χ2n) is 5.36. The Kier molecular flexibility index (Phi) is 4.55. The summed E-state index contributed by atoms with van der Waals surface area (Å²) in [6, 6.07) is 11.1. The van der Waals surface area contributed by atoms with Gasteiger partial charge in [0.1, 0.15) is 5.82 Å². The Hall–Kier alpha value is -2.35. The topological polar surface area (TPSA) is 30.7 Å². The predicted molar refractivity (Wildman–Crippen MR) is 88.3 cm³/mol. The first-order chi connectivity index (χ1) is 11.8. The number of aryl methyl sites for hydroxylation is 1. The van der Waals surface area contributed by atoms with Gasteiger partial charge in [0.2, 0.25) is 0 Å². The van der Waals surface area contributed by atoms with E-state index >= 15 is 0 Å². The number of aromatic nitrogens is 3. The monoisotopic (exact) mass is 367 g/mol. The summed E-state index contributed by atoms with van der Waals surface area (Å²) >= 11 is 1.21. The van der Waals surface area contributed by atoms with Gasteiger partial charge in [-0.25, -0.2) is 14.1 Å². The smallest absolute Gasteiger partial charge is 0.213 e. The fourth-order valence-electron chi connectivity index (χ4n) is 2.37. The van der Waals surface area contributed by atoms with Gasteiger partial charge in [0.25, 0.3) is 5.82 Å². The van der Waals surface area contributed by atoms with Crippen LogP contribution in [0.15, 0.2) is 47.4 Å². The first-order valence-electron chi connectivity index (χ1n) is 7.25. The van der Waals surface area contributed by atoms with Crippen LogP contribution < -0.4 is 0 Å². The molecule has 0 radical (unpaired) electrons. The molecule has 0 saturated heterocycles. The van der Waals surface area contributed by atoms with Crippen molar-refractivity contribution in [1.29, 1.82) is 0 Å². The van der Waals surface area contributed by atoms with E-state index in [9.17, 15) is 17.6 Å².